The minimum absolute atomic E-state index is 0.0942. The van der Waals surface area contributed by atoms with E-state index in [-0.39, 0.29) is 5.56 Å². The van der Waals surface area contributed by atoms with Crippen LogP contribution < -0.4 is 5.43 Å². The second-order valence-corrected chi connectivity index (χ2v) is 4.13. The molecule has 1 amide bonds. The summed E-state index contributed by atoms with van der Waals surface area (Å²) in [5, 5.41) is 3.84. The molecule has 0 spiro atoms. The van der Waals surface area contributed by atoms with E-state index in [2.05, 4.69) is 10.5 Å². The molecule has 0 fully saturated rings. The van der Waals surface area contributed by atoms with Gasteiger partial charge in [0.2, 0.25) is 0 Å². The minimum Gasteiger partial charge on any atom is -0.267 e. The van der Waals surface area contributed by atoms with Crippen LogP contribution in [0, 0.1) is 11.6 Å². The Balaban J connectivity index is 2.13. The van der Waals surface area contributed by atoms with Crippen molar-refractivity contribution in [2.45, 2.75) is 6.92 Å². The number of carbonyl (C=O) groups excluding carboxylic acids is 1. The third-order valence-electron chi connectivity index (χ3n) is 2.69. The van der Waals surface area contributed by atoms with Gasteiger partial charge in [-0.1, -0.05) is 24.3 Å². The molecule has 1 N–H and O–H groups in total. The third-order valence-corrected chi connectivity index (χ3v) is 2.69. The van der Waals surface area contributed by atoms with Crippen molar-refractivity contribution in [2.24, 2.45) is 5.10 Å². The van der Waals surface area contributed by atoms with Crippen LogP contribution in [0.2, 0.25) is 0 Å². The Bertz CT molecular complexity index is 668. The van der Waals surface area contributed by atoms with Gasteiger partial charge in [-0.2, -0.15) is 5.10 Å². The maximum atomic E-state index is 13.4. The molecular formula is C15H12F2N2O. The van der Waals surface area contributed by atoms with Gasteiger partial charge in [-0.15, -0.1) is 0 Å². The summed E-state index contributed by atoms with van der Waals surface area (Å²) in [6.07, 6.45) is 0. The predicted octanol–water partition coefficient (Wildman–Crippen LogP) is 3.12. The number of nitrogens with one attached hydrogen (secondary N) is 1. The molecule has 0 saturated carbocycles. The topological polar surface area (TPSA) is 41.5 Å². The smallest absolute Gasteiger partial charge is 0.267 e. The van der Waals surface area contributed by atoms with Gasteiger partial charge < -0.3 is 0 Å². The number of rotatable bonds is 3. The normalized spacial score (nSPS) is 11.2. The zero-order chi connectivity index (χ0) is 14.5. The molecule has 2 rings (SSSR count). The highest BCUT2D eigenvalue weighted by Crippen LogP contribution is 2.07. The minimum atomic E-state index is -0.654. The van der Waals surface area contributed by atoms with Gasteiger partial charge in [-0.3, -0.25) is 4.79 Å². The largest absolute Gasteiger partial charge is 0.274 e. The number of carbonyl (C=O) groups is 1. The molecule has 0 saturated heterocycles. The summed E-state index contributed by atoms with van der Waals surface area (Å²) in [4.78, 5) is 11.7. The van der Waals surface area contributed by atoms with E-state index in [4.69, 9.17) is 0 Å². The van der Waals surface area contributed by atoms with E-state index in [9.17, 15) is 13.6 Å². The molecule has 2 aromatic rings. The zero-order valence-corrected chi connectivity index (χ0v) is 10.7. The fraction of sp³-hybridized carbons (Fsp3) is 0.0667. The summed E-state index contributed by atoms with van der Waals surface area (Å²) in [5.41, 5.74) is 3.12. The first-order valence-electron chi connectivity index (χ1n) is 5.93. The van der Waals surface area contributed by atoms with Crippen molar-refractivity contribution in [2.75, 3.05) is 0 Å². The van der Waals surface area contributed by atoms with Crippen molar-refractivity contribution in [3.05, 3.63) is 71.3 Å². The Labute approximate surface area is 114 Å². The number of halogens is 2. The van der Waals surface area contributed by atoms with Crippen molar-refractivity contribution in [1.29, 1.82) is 0 Å². The fourth-order valence-electron chi connectivity index (χ4n) is 1.62. The van der Waals surface area contributed by atoms with Gasteiger partial charge >= 0.3 is 0 Å². The first-order valence-corrected chi connectivity index (χ1v) is 5.93. The first kappa shape index (κ1) is 13.9. The number of amides is 1. The molecule has 0 heterocycles. The van der Waals surface area contributed by atoms with Gasteiger partial charge in [0.15, 0.2) is 0 Å². The van der Waals surface area contributed by atoms with E-state index >= 15 is 0 Å². The first-order chi connectivity index (χ1) is 9.58. The fourth-order valence-corrected chi connectivity index (χ4v) is 1.62. The van der Waals surface area contributed by atoms with Crippen LogP contribution in [0.15, 0.2) is 53.6 Å². The lowest BCUT2D eigenvalue weighted by Gasteiger charge is -2.04. The monoisotopic (exact) mass is 274 g/mol. The molecule has 0 radical (unpaired) electrons. The standard InChI is InChI=1S/C15H12F2N2O/c1-10(11-5-4-6-12(16)9-11)18-19-15(20)13-7-2-3-8-14(13)17/h2-9H,1H3,(H,19,20)/b18-10+. The Morgan fingerprint density at radius 2 is 1.85 bits per heavy atom. The van der Waals surface area contributed by atoms with Gasteiger partial charge in [0.1, 0.15) is 11.6 Å². The Hall–Kier alpha value is -2.56. The van der Waals surface area contributed by atoms with Gasteiger partial charge in [0, 0.05) is 5.56 Å². The number of hydrogen-bond acceptors (Lipinski definition) is 2. The summed E-state index contributed by atoms with van der Waals surface area (Å²) >= 11 is 0. The van der Waals surface area contributed by atoms with Crippen LogP contribution in [0.1, 0.15) is 22.8 Å². The summed E-state index contributed by atoms with van der Waals surface area (Å²) in [7, 11) is 0. The second-order valence-electron chi connectivity index (χ2n) is 4.13. The lowest BCUT2D eigenvalue weighted by Crippen LogP contribution is -2.20. The Morgan fingerprint density at radius 3 is 2.55 bits per heavy atom. The Morgan fingerprint density at radius 1 is 1.10 bits per heavy atom. The highest BCUT2D eigenvalue weighted by Gasteiger charge is 2.09. The SMILES string of the molecule is C/C(=N\NC(=O)c1ccccc1F)c1cccc(F)c1. The van der Waals surface area contributed by atoms with E-state index in [0.29, 0.717) is 11.3 Å². The maximum absolute atomic E-state index is 13.4. The molecule has 102 valence electrons. The number of hydrogen-bond donors (Lipinski definition) is 1. The molecule has 0 aliphatic heterocycles. The highest BCUT2D eigenvalue weighted by molar-refractivity contribution is 6.00. The van der Waals surface area contributed by atoms with Gasteiger partial charge in [-0.25, -0.2) is 14.2 Å². The molecule has 5 heteroatoms. The zero-order valence-electron chi connectivity index (χ0n) is 10.7. The predicted molar refractivity (Wildman–Crippen MR) is 72.5 cm³/mol. The number of hydrazone groups is 1. The molecule has 3 nitrogen and oxygen atoms in total. The van der Waals surface area contributed by atoms with E-state index in [1.54, 1.807) is 25.1 Å². The van der Waals surface area contributed by atoms with Crippen LogP contribution in [0.25, 0.3) is 0 Å². The van der Waals surface area contributed by atoms with Gasteiger partial charge in [0.25, 0.3) is 5.91 Å². The van der Waals surface area contributed by atoms with Crippen LogP contribution in [-0.4, -0.2) is 11.6 Å². The Kier molecular flexibility index (Phi) is 4.20. The van der Waals surface area contributed by atoms with Crippen LogP contribution in [0.5, 0.6) is 0 Å². The second kappa shape index (κ2) is 6.06. The third kappa shape index (κ3) is 3.26. The van der Waals surface area contributed by atoms with E-state index in [1.165, 1.54) is 30.3 Å². The van der Waals surface area contributed by atoms with E-state index in [1.807, 2.05) is 0 Å². The molecule has 0 aliphatic carbocycles. The molecule has 0 bridgehead atoms. The van der Waals surface area contributed by atoms with Crippen LogP contribution >= 0.6 is 0 Å². The molecule has 0 unspecified atom stereocenters. The molecule has 0 aromatic heterocycles. The summed E-state index contributed by atoms with van der Waals surface area (Å²) in [6.45, 7) is 1.62. The average Bonchev–Trinajstić information content (AvgIpc) is 2.45. The van der Waals surface area contributed by atoms with Crippen LogP contribution in [0.4, 0.5) is 8.78 Å². The lowest BCUT2D eigenvalue weighted by atomic mass is 10.1. The molecule has 0 aliphatic rings. The summed E-state index contributed by atoms with van der Waals surface area (Å²) in [6, 6.07) is 11.4. The van der Waals surface area contributed by atoms with Crippen LogP contribution in [-0.2, 0) is 0 Å². The maximum Gasteiger partial charge on any atom is 0.274 e. The highest BCUT2D eigenvalue weighted by atomic mass is 19.1. The quantitative estimate of drug-likeness (QED) is 0.678. The van der Waals surface area contributed by atoms with E-state index in [0.717, 1.165) is 0 Å². The summed E-state index contributed by atoms with van der Waals surface area (Å²) < 4.78 is 26.4. The average molecular weight is 274 g/mol. The molecule has 20 heavy (non-hydrogen) atoms. The molecular weight excluding hydrogens is 262 g/mol. The lowest BCUT2D eigenvalue weighted by molar-refractivity contribution is 0.0951. The molecule has 0 atom stereocenters. The van der Waals surface area contributed by atoms with Crippen molar-refractivity contribution >= 4 is 11.6 Å². The van der Waals surface area contributed by atoms with Crippen molar-refractivity contribution in [1.82, 2.24) is 5.43 Å². The van der Waals surface area contributed by atoms with Crippen molar-refractivity contribution in [3.8, 4) is 0 Å². The number of benzene rings is 2. The van der Waals surface area contributed by atoms with Gasteiger partial charge in [-0.05, 0) is 31.2 Å². The molecule has 2 aromatic carbocycles. The van der Waals surface area contributed by atoms with E-state index < -0.39 is 17.5 Å². The number of nitrogens with zero attached hydrogens (tertiary/aromatic N) is 1. The van der Waals surface area contributed by atoms with Crippen molar-refractivity contribution in [3.63, 3.8) is 0 Å². The van der Waals surface area contributed by atoms with Crippen LogP contribution in [0.3, 0.4) is 0 Å². The van der Waals surface area contributed by atoms with Crippen molar-refractivity contribution < 1.29 is 13.6 Å². The summed E-state index contributed by atoms with van der Waals surface area (Å²) in [5.74, 6) is -1.67. The van der Waals surface area contributed by atoms with Gasteiger partial charge in [0.05, 0.1) is 11.3 Å².